The summed E-state index contributed by atoms with van der Waals surface area (Å²) in [6.45, 7) is 9.90. The average Bonchev–Trinajstić information content (AvgIpc) is 3.47. The van der Waals surface area contributed by atoms with Crippen LogP contribution in [0.2, 0.25) is 0 Å². The molecule has 2 aromatic rings. The summed E-state index contributed by atoms with van der Waals surface area (Å²) in [5.41, 5.74) is 5.95. The highest BCUT2D eigenvalue weighted by atomic mass is 19.3. The van der Waals surface area contributed by atoms with Gasteiger partial charge in [0.15, 0.2) is 6.10 Å². The molecule has 0 radical (unpaired) electrons. The third-order valence-corrected chi connectivity index (χ3v) is 7.88. The van der Waals surface area contributed by atoms with Crippen LogP contribution in [0.1, 0.15) is 73.1 Å². The van der Waals surface area contributed by atoms with E-state index in [1.165, 1.54) is 4.90 Å². The van der Waals surface area contributed by atoms with Crippen molar-refractivity contribution in [3.63, 3.8) is 0 Å². The second kappa shape index (κ2) is 9.77. The number of rotatable bonds is 4. The molecule has 210 valence electrons. The fourth-order valence-corrected chi connectivity index (χ4v) is 6.06. The number of fused-ring (bicyclic) bond motifs is 2. The maximum Gasteiger partial charge on any atom is 0.337 e. The first-order valence-corrected chi connectivity index (χ1v) is 13.5. The summed E-state index contributed by atoms with van der Waals surface area (Å²) in [5, 5.41) is 10.4. The predicted octanol–water partition coefficient (Wildman–Crippen LogP) is 6.01. The van der Waals surface area contributed by atoms with Crippen molar-refractivity contribution in [2.24, 2.45) is 0 Å². The molecule has 3 aliphatic rings. The Balaban J connectivity index is 1.64. The van der Waals surface area contributed by atoms with Crippen molar-refractivity contribution >= 4 is 12.0 Å². The third kappa shape index (κ3) is 5.21. The minimum absolute atomic E-state index is 0.0187. The molecule has 3 heterocycles. The van der Waals surface area contributed by atoms with Crippen LogP contribution in [0.5, 0.6) is 5.75 Å². The maximum atomic E-state index is 13.9. The number of likely N-dealkylation sites (tertiary alicyclic amines) is 1. The van der Waals surface area contributed by atoms with Gasteiger partial charge in [-0.05, 0) is 98.5 Å². The van der Waals surface area contributed by atoms with Crippen molar-refractivity contribution in [2.45, 2.75) is 84.6 Å². The van der Waals surface area contributed by atoms with Crippen LogP contribution in [-0.2, 0) is 29.0 Å². The van der Waals surface area contributed by atoms with Gasteiger partial charge in [0.05, 0.1) is 18.8 Å². The zero-order valence-corrected chi connectivity index (χ0v) is 23.2. The van der Waals surface area contributed by atoms with Crippen LogP contribution in [-0.4, -0.2) is 58.1 Å². The molecule has 1 saturated heterocycles. The number of benzene rings is 2. The van der Waals surface area contributed by atoms with Crippen molar-refractivity contribution < 1.29 is 33.0 Å². The number of aryl methyl sites for hydroxylation is 1. The summed E-state index contributed by atoms with van der Waals surface area (Å²) in [5.74, 6) is -3.13. The number of carboxylic acids is 1. The Hall–Kier alpha value is -3.20. The number of amides is 2. The molecule has 1 N–H and O–H groups in total. The molecule has 1 unspecified atom stereocenters. The molecule has 3 aliphatic heterocycles. The van der Waals surface area contributed by atoms with Crippen LogP contribution in [0.25, 0.3) is 11.1 Å². The molecule has 0 bridgehead atoms. The average molecular weight is 543 g/mol. The Labute approximate surface area is 227 Å². The van der Waals surface area contributed by atoms with E-state index in [1.54, 1.807) is 4.90 Å². The van der Waals surface area contributed by atoms with E-state index in [0.717, 1.165) is 57.5 Å². The lowest BCUT2D eigenvalue weighted by Crippen LogP contribution is -2.40. The van der Waals surface area contributed by atoms with Crippen LogP contribution in [0.3, 0.4) is 0 Å². The first kappa shape index (κ1) is 27.4. The number of carbonyl (C=O) groups excluding carboxylic acids is 1. The summed E-state index contributed by atoms with van der Waals surface area (Å²) in [4.78, 5) is 28.7. The van der Waals surface area contributed by atoms with Gasteiger partial charge in [0.2, 0.25) is 0 Å². The minimum Gasteiger partial charge on any atom is -0.493 e. The van der Waals surface area contributed by atoms with Gasteiger partial charge in [0.25, 0.3) is 5.92 Å². The second-order valence-electron chi connectivity index (χ2n) is 11.9. The highest BCUT2D eigenvalue weighted by molar-refractivity contribution is 5.85. The zero-order chi connectivity index (χ0) is 28.3. The van der Waals surface area contributed by atoms with E-state index in [1.807, 2.05) is 46.8 Å². The number of nitrogens with zero attached hydrogens (tertiary/aromatic N) is 2. The highest BCUT2D eigenvalue weighted by Gasteiger charge is 2.43. The number of ether oxygens (including phenoxy) is 2. The monoisotopic (exact) mass is 542 g/mol. The number of halogens is 2. The SMILES string of the molecule is Cc1c2c(c(C)c(C(OC(C)(C)C)C(=O)O)c1-c1ccc3c(c1)CCCO3)CN(C(=O)N1CCC(F)(F)C1)C2. The van der Waals surface area contributed by atoms with Gasteiger partial charge in [0, 0.05) is 31.6 Å². The smallest absolute Gasteiger partial charge is 0.337 e. The molecule has 0 aromatic heterocycles. The Kier molecular flexibility index (Phi) is 6.85. The van der Waals surface area contributed by atoms with Gasteiger partial charge in [-0.3, -0.25) is 0 Å². The third-order valence-electron chi connectivity index (χ3n) is 7.88. The lowest BCUT2D eigenvalue weighted by molar-refractivity contribution is -0.160. The second-order valence-corrected chi connectivity index (χ2v) is 11.9. The normalized spacial score (nSPS) is 18.9. The number of urea groups is 1. The van der Waals surface area contributed by atoms with Crippen LogP contribution in [0.15, 0.2) is 18.2 Å². The van der Waals surface area contributed by atoms with E-state index in [4.69, 9.17) is 9.47 Å². The number of carboxylic acid groups (broad SMARTS) is 1. The van der Waals surface area contributed by atoms with E-state index in [-0.39, 0.29) is 26.1 Å². The van der Waals surface area contributed by atoms with Crippen molar-refractivity contribution in [1.82, 2.24) is 9.80 Å². The summed E-state index contributed by atoms with van der Waals surface area (Å²) in [6, 6.07) is 5.52. The van der Waals surface area contributed by atoms with Crippen molar-refractivity contribution in [3.05, 3.63) is 51.6 Å². The van der Waals surface area contributed by atoms with Crippen LogP contribution >= 0.6 is 0 Å². The Morgan fingerprint density at radius 2 is 1.79 bits per heavy atom. The Bertz CT molecular complexity index is 1330. The standard InChI is InChI=1S/C30H36F2N2O5/c1-17-21-14-34(28(37)33-11-10-30(31,32)16-33)15-22(21)18(2)25(26(27(35)36)39-29(3,4)5)24(17)20-8-9-23-19(13-20)7-6-12-38-23/h8-9,13,26H,6-7,10-12,14-16H2,1-5H3,(H,35,36). The summed E-state index contributed by atoms with van der Waals surface area (Å²) < 4.78 is 39.7. The first-order chi connectivity index (χ1) is 18.3. The molecule has 9 heteroatoms. The van der Waals surface area contributed by atoms with Gasteiger partial charge in [-0.25, -0.2) is 18.4 Å². The van der Waals surface area contributed by atoms with Gasteiger partial charge >= 0.3 is 12.0 Å². The highest BCUT2D eigenvalue weighted by Crippen LogP contribution is 2.45. The van der Waals surface area contributed by atoms with E-state index < -0.39 is 36.2 Å². The zero-order valence-electron chi connectivity index (χ0n) is 23.2. The Morgan fingerprint density at radius 3 is 2.41 bits per heavy atom. The lowest BCUT2D eigenvalue weighted by atomic mass is 9.82. The number of carbonyl (C=O) groups is 2. The summed E-state index contributed by atoms with van der Waals surface area (Å²) in [7, 11) is 0. The lowest BCUT2D eigenvalue weighted by Gasteiger charge is -2.30. The van der Waals surface area contributed by atoms with E-state index in [0.29, 0.717) is 12.2 Å². The summed E-state index contributed by atoms with van der Waals surface area (Å²) >= 11 is 0. The topological polar surface area (TPSA) is 79.3 Å². The summed E-state index contributed by atoms with van der Waals surface area (Å²) in [6.07, 6.45) is 0.199. The fourth-order valence-electron chi connectivity index (χ4n) is 6.06. The first-order valence-electron chi connectivity index (χ1n) is 13.5. The maximum absolute atomic E-state index is 13.9. The van der Waals surface area contributed by atoms with Gasteiger partial charge in [-0.15, -0.1) is 0 Å². The molecule has 5 rings (SSSR count). The van der Waals surface area contributed by atoms with E-state index in [2.05, 4.69) is 6.07 Å². The molecule has 0 spiro atoms. The van der Waals surface area contributed by atoms with Gasteiger partial charge < -0.3 is 24.4 Å². The van der Waals surface area contributed by atoms with Crippen molar-refractivity contribution in [2.75, 3.05) is 19.7 Å². The molecule has 1 fully saturated rings. The number of hydrogen-bond donors (Lipinski definition) is 1. The van der Waals surface area contributed by atoms with Crippen LogP contribution in [0.4, 0.5) is 13.6 Å². The number of hydrogen-bond acceptors (Lipinski definition) is 4. The molecule has 2 amide bonds. The Morgan fingerprint density at radius 1 is 1.10 bits per heavy atom. The van der Waals surface area contributed by atoms with E-state index >= 15 is 0 Å². The largest absolute Gasteiger partial charge is 0.493 e. The molecule has 7 nitrogen and oxygen atoms in total. The quantitative estimate of drug-likeness (QED) is 0.512. The van der Waals surface area contributed by atoms with Crippen LogP contribution in [0, 0.1) is 13.8 Å². The van der Waals surface area contributed by atoms with Gasteiger partial charge in [0.1, 0.15) is 5.75 Å². The molecule has 2 aromatic carbocycles. The molecular formula is C30H36F2N2O5. The van der Waals surface area contributed by atoms with Gasteiger partial charge in [-0.2, -0.15) is 0 Å². The van der Waals surface area contributed by atoms with E-state index in [9.17, 15) is 23.5 Å². The molecule has 0 aliphatic carbocycles. The predicted molar refractivity (Wildman–Crippen MR) is 142 cm³/mol. The van der Waals surface area contributed by atoms with Crippen LogP contribution < -0.4 is 4.74 Å². The fraction of sp³-hybridized carbons (Fsp3) is 0.533. The molecular weight excluding hydrogens is 506 g/mol. The molecule has 0 saturated carbocycles. The van der Waals surface area contributed by atoms with Crippen molar-refractivity contribution in [1.29, 1.82) is 0 Å². The number of aliphatic carboxylic acids is 1. The molecule has 1 atom stereocenters. The van der Waals surface area contributed by atoms with Gasteiger partial charge in [-0.1, -0.05) is 6.07 Å². The number of alkyl halides is 2. The van der Waals surface area contributed by atoms with Crippen molar-refractivity contribution in [3.8, 4) is 16.9 Å². The minimum atomic E-state index is -2.87. The molecule has 39 heavy (non-hydrogen) atoms.